The van der Waals surface area contributed by atoms with Gasteiger partial charge in [-0.1, -0.05) is 12.2 Å². The molecule has 7 rings (SSSR count). The number of rotatable bonds is 2. The van der Waals surface area contributed by atoms with Crippen LogP contribution in [0.15, 0.2) is 30.0 Å². The van der Waals surface area contributed by atoms with Crippen LogP contribution in [-0.2, 0) is 32.8 Å². The Labute approximate surface area is 246 Å². The lowest BCUT2D eigenvalue weighted by Crippen LogP contribution is -2.38. The molecular formula is C21H24FN10O8PS2. The van der Waals surface area contributed by atoms with Crippen molar-refractivity contribution < 1.29 is 35.3 Å². The molecule has 2 bridgehead atoms. The number of nitrogens with zero attached hydrogens (tertiary/aromatic N) is 7. The zero-order chi connectivity index (χ0) is 30.1. The van der Waals surface area contributed by atoms with Crippen LogP contribution >= 0.6 is 19.0 Å². The summed E-state index contributed by atoms with van der Waals surface area (Å²) >= 11 is 4.07. The van der Waals surface area contributed by atoms with Gasteiger partial charge in [-0.25, -0.2) is 33.1 Å². The number of thiol groups is 1. The van der Waals surface area contributed by atoms with E-state index in [1.54, 1.807) is 0 Å². The summed E-state index contributed by atoms with van der Waals surface area (Å²) in [7, 11) is -4.46. The van der Waals surface area contributed by atoms with Gasteiger partial charge in [0.15, 0.2) is 23.0 Å². The highest BCUT2D eigenvalue weighted by Gasteiger charge is 2.50. The van der Waals surface area contributed by atoms with E-state index in [9.17, 15) is 17.8 Å². The van der Waals surface area contributed by atoms with Gasteiger partial charge in [-0.15, -0.1) is 0 Å². The van der Waals surface area contributed by atoms with Gasteiger partial charge in [0.1, 0.15) is 30.2 Å². The SMILES string of the molecule is Nc1nc2c(ncn2[C@@H]2O[C@@H]3CO[P@](=O)(S)O[C@@H]4[C@@H](CNS(=O)(=O)O[C@@H]2C3)C[C@@H](n2cnc3cncnc32)[C@@H]4F)c(=O)[nH]1. The molecule has 18 nitrogen and oxygen atoms in total. The van der Waals surface area contributed by atoms with Gasteiger partial charge in [0.2, 0.25) is 5.95 Å². The minimum absolute atomic E-state index is 0.0298. The number of nitrogens with one attached hydrogen (secondary N) is 2. The normalized spacial score (nSPS) is 34.9. The Hall–Kier alpha value is -3.04. The number of halogens is 1. The molecular weight excluding hydrogens is 634 g/mol. The molecule has 2 aliphatic heterocycles. The number of anilines is 1. The van der Waals surface area contributed by atoms with Gasteiger partial charge in [0.25, 0.3) is 5.56 Å². The molecule has 22 heteroatoms. The average Bonchev–Trinajstić information content (AvgIpc) is 3.71. The first kappa shape index (κ1) is 28.7. The molecule has 3 fully saturated rings. The highest BCUT2D eigenvalue weighted by Crippen LogP contribution is 2.58. The van der Waals surface area contributed by atoms with E-state index in [0.29, 0.717) is 11.2 Å². The molecule has 4 N–H and O–H groups in total. The molecule has 43 heavy (non-hydrogen) atoms. The van der Waals surface area contributed by atoms with Crippen LogP contribution in [0.3, 0.4) is 0 Å². The fraction of sp³-hybridized carbons (Fsp3) is 0.524. The zero-order valence-electron chi connectivity index (χ0n) is 21.8. The zero-order valence-corrected chi connectivity index (χ0v) is 24.4. The third-order valence-electron chi connectivity index (χ3n) is 7.61. The van der Waals surface area contributed by atoms with E-state index < -0.39 is 65.3 Å². The Morgan fingerprint density at radius 1 is 1.16 bits per heavy atom. The molecule has 1 saturated carbocycles. The molecule has 0 amide bonds. The summed E-state index contributed by atoms with van der Waals surface area (Å²) < 4.78 is 83.4. The Morgan fingerprint density at radius 3 is 2.81 bits per heavy atom. The Morgan fingerprint density at radius 2 is 1.98 bits per heavy atom. The number of aromatic amines is 1. The molecule has 0 spiro atoms. The standard InChI is InChI=1S/C21H24FN10O8PS2/c22-14-12(31-7-26-11-4-24-6-25-17(11)31)1-9-3-28-43(35,36)40-13-2-10(5-37-41(34,42)39-16(9)14)38-20(13)32-8-27-15-18(32)29-21(23)30-19(15)33/h4,6-10,12-14,16,20,28H,1-3,5H2,(H,34,42)(H3,23,29,30,33)/t9-,10+,12-,13-,14+,16-,20-,41+/m1/s1. The van der Waals surface area contributed by atoms with E-state index in [-0.39, 0.29) is 43.1 Å². The van der Waals surface area contributed by atoms with Crippen LogP contribution in [0.1, 0.15) is 25.1 Å². The molecule has 0 radical (unpaired) electrons. The lowest BCUT2D eigenvalue weighted by Gasteiger charge is -2.26. The number of ether oxygens (including phenoxy) is 1. The molecule has 0 unspecified atom stereocenters. The molecule has 0 aromatic carbocycles. The van der Waals surface area contributed by atoms with Gasteiger partial charge in [-0.2, -0.15) is 18.1 Å². The van der Waals surface area contributed by atoms with Crippen LogP contribution in [0.4, 0.5) is 10.3 Å². The number of fused-ring (bicyclic) bond motifs is 5. The molecule has 1 aliphatic carbocycles. The summed E-state index contributed by atoms with van der Waals surface area (Å²) in [6, 6.07) is -0.886. The van der Waals surface area contributed by atoms with Gasteiger partial charge in [-0.05, 0) is 6.42 Å². The van der Waals surface area contributed by atoms with Crippen molar-refractivity contribution in [1.82, 2.24) is 43.8 Å². The van der Waals surface area contributed by atoms with E-state index in [0.717, 1.165) is 0 Å². The minimum Gasteiger partial charge on any atom is -0.369 e. The maximum atomic E-state index is 16.0. The van der Waals surface area contributed by atoms with Crippen LogP contribution in [0.5, 0.6) is 0 Å². The van der Waals surface area contributed by atoms with Crippen molar-refractivity contribution in [2.24, 2.45) is 5.92 Å². The number of imidazole rings is 2. The van der Waals surface area contributed by atoms with Crippen molar-refractivity contribution >= 4 is 57.6 Å². The van der Waals surface area contributed by atoms with Crippen LogP contribution in [0.2, 0.25) is 0 Å². The van der Waals surface area contributed by atoms with Crippen LogP contribution in [-0.4, -0.2) is 85.1 Å². The van der Waals surface area contributed by atoms with Crippen LogP contribution in [0, 0.1) is 5.92 Å². The summed E-state index contributed by atoms with van der Waals surface area (Å²) in [6.07, 6.45) is -0.874. The van der Waals surface area contributed by atoms with Crippen molar-refractivity contribution in [3.63, 3.8) is 0 Å². The monoisotopic (exact) mass is 658 g/mol. The second-order valence-corrected chi connectivity index (χ2v) is 14.6. The highest BCUT2D eigenvalue weighted by molar-refractivity contribution is 8.44. The van der Waals surface area contributed by atoms with Crippen molar-refractivity contribution in [2.75, 3.05) is 18.9 Å². The number of nitrogens with two attached hydrogens (primary N) is 1. The number of nitrogen functional groups attached to an aromatic ring is 1. The second-order valence-electron chi connectivity index (χ2n) is 10.3. The first-order valence-corrected chi connectivity index (χ1v) is 17.1. The van der Waals surface area contributed by atoms with Crippen molar-refractivity contribution in [3.05, 3.63) is 35.5 Å². The van der Waals surface area contributed by atoms with Crippen molar-refractivity contribution in [3.8, 4) is 0 Å². The first-order valence-electron chi connectivity index (χ1n) is 13.0. The molecule has 230 valence electrons. The minimum atomic E-state index is -4.46. The lowest BCUT2D eigenvalue weighted by atomic mass is 10.1. The predicted molar refractivity (Wildman–Crippen MR) is 148 cm³/mol. The molecule has 6 heterocycles. The maximum absolute atomic E-state index is 16.0. The lowest BCUT2D eigenvalue weighted by molar-refractivity contribution is -0.0427. The van der Waals surface area contributed by atoms with E-state index >= 15 is 4.39 Å². The Bertz CT molecular complexity index is 1920. The third kappa shape index (κ3) is 5.33. The van der Waals surface area contributed by atoms with Crippen LogP contribution < -0.4 is 16.0 Å². The summed E-state index contributed by atoms with van der Waals surface area (Å²) in [5.74, 6) is -1.01. The fourth-order valence-electron chi connectivity index (χ4n) is 5.74. The van der Waals surface area contributed by atoms with Gasteiger partial charge < -0.3 is 15.0 Å². The fourth-order valence-corrected chi connectivity index (χ4v) is 8.27. The molecule has 3 aliphatic rings. The van der Waals surface area contributed by atoms with Gasteiger partial charge >= 0.3 is 17.1 Å². The van der Waals surface area contributed by atoms with E-state index in [2.05, 4.69) is 46.9 Å². The summed E-state index contributed by atoms with van der Waals surface area (Å²) in [5.41, 5.74) is 5.87. The first-order chi connectivity index (χ1) is 20.5. The van der Waals surface area contributed by atoms with E-state index in [1.807, 2.05) is 0 Å². The van der Waals surface area contributed by atoms with Crippen LogP contribution in [0.25, 0.3) is 22.3 Å². The third-order valence-corrected chi connectivity index (χ3v) is 10.2. The quantitative estimate of drug-likeness (QED) is 0.169. The summed E-state index contributed by atoms with van der Waals surface area (Å²) in [5, 5.41) is 0. The number of hydrogen-bond acceptors (Lipinski definition) is 14. The van der Waals surface area contributed by atoms with Gasteiger partial charge in [0, 0.05) is 18.9 Å². The maximum Gasteiger partial charge on any atom is 0.386 e. The molecule has 4 aromatic rings. The summed E-state index contributed by atoms with van der Waals surface area (Å²) in [4.78, 5) is 35.0. The smallest absolute Gasteiger partial charge is 0.369 e. The van der Waals surface area contributed by atoms with Crippen molar-refractivity contribution in [1.29, 1.82) is 0 Å². The van der Waals surface area contributed by atoms with E-state index in [4.69, 9.17) is 23.7 Å². The Kier molecular flexibility index (Phi) is 7.04. The molecule has 4 aromatic heterocycles. The topological polar surface area (TPSA) is 233 Å². The molecule has 2 saturated heterocycles. The summed E-state index contributed by atoms with van der Waals surface area (Å²) in [6.45, 7) is -4.89. The van der Waals surface area contributed by atoms with Gasteiger partial charge in [0.05, 0.1) is 37.6 Å². The number of hydrogen-bond donors (Lipinski definition) is 4. The number of H-pyrrole nitrogens is 1. The van der Waals surface area contributed by atoms with Gasteiger partial charge in [-0.3, -0.25) is 23.4 Å². The second kappa shape index (κ2) is 10.5. The highest BCUT2D eigenvalue weighted by atomic mass is 32.7. The van der Waals surface area contributed by atoms with E-state index in [1.165, 1.54) is 34.3 Å². The van der Waals surface area contributed by atoms with Crippen molar-refractivity contribution in [2.45, 2.75) is 49.6 Å². The predicted octanol–water partition coefficient (Wildman–Crippen LogP) is 0.401. The molecule has 8 atom stereocenters. The number of aromatic nitrogens is 8. The number of alkyl halides is 1. The largest absolute Gasteiger partial charge is 0.386 e. The average molecular weight is 659 g/mol. The Balaban J connectivity index is 1.19.